The van der Waals surface area contributed by atoms with Gasteiger partial charge in [-0.3, -0.25) is 9.48 Å². The number of pyridine rings is 1. The van der Waals surface area contributed by atoms with Crippen molar-refractivity contribution in [1.82, 2.24) is 29.5 Å². The minimum absolute atomic E-state index is 0.0623. The number of likely N-dealkylation sites (N-methyl/N-ethyl adjacent to an activating group) is 2. The van der Waals surface area contributed by atoms with E-state index >= 15 is 4.39 Å². The maximum Gasteiger partial charge on any atom is 0.246 e. The van der Waals surface area contributed by atoms with Crippen LogP contribution in [0, 0.1) is 17.1 Å². The minimum Gasteiger partial charge on any atom is -0.352 e. The van der Waals surface area contributed by atoms with Crippen molar-refractivity contribution in [1.29, 1.82) is 5.26 Å². The average Bonchev–Trinajstić information content (AvgIpc) is 3.52. The molecule has 0 radical (unpaired) electrons. The molecule has 0 aliphatic carbocycles. The number of piperidine rings is 1. The van der Waals surface area contributed by atoms with Gasteiger partial charge in [0.15, 0.2) is 5.82 Å². The molecule has 3 aromatic carbocycles. The average molecular weight is 728 g/mol. The van der Waals surface area contributed by atoms with E-state index in [1.807, 2.05) is 66.3 Å². The van der Waals surface area contributed by atoms with Crippen LogP contribution in [0.3, 0.4) is 0 Å². The van der Waals surface area contributed by atoms with Gasteiger partial charge in [-0.15, -0.1) is 0 Å². The second kappa shape index (κ2) is 13.7. The zero-order valence-corrected chi connectivity index (χ0v) is 31.0. The van der Waals surface area contributed by atoms with Gasteiger partial charge < -0.3 is 19.6 Å². The first-order chi connectivity index (χ1) is 24.4. The van der Waals surface area contributed by atoms with Crippen LogP contribution in [0.25, 0.3) is 43.7 Å². The molecular weight excluding hydrogens is 686 g/mol. The fraction of sp³-hybridized carbons (Fsp3) is 0.385. The molecule has 2 aliphatic heterocycles. The summed E-state index contributed by atoms with van der Waals surface area (Å²) >= 11 is 13.7. The summed E-state index contributed by atoms with van der Waals surface area (Å²) in [4.78, 5) is 26.4. The van der Waals surface area contributed by atoms with Crippen LogP contribution < -0.4 is 4.90 Å². The second-order valence-corrected chi connectivity index (χ2v) is 15.3. The second-order valence-electron chi connectivity index (χ2n) is 14.5. The van der Waals surface area contributed by atoms with Crippen LogP contribution in [-0.2, 0) is 4.79 Å². The fourth-order valence-electron chi connectivity index (χ4n) is 7.64. The summed E-state index contributed by atoms with van der Waals surface area (Å²) < 4.78 is 19.2. The van der Waals surface area contributed by atoms with Crippen molar-refractivity contribution >= 4 is 67.5 Å². The van der Waals surface area contributed by atoms with E-state index in [9.17, 15) is 10.1 Å². The predicted octanol–water partition coefficient (Wildman–Crippen LogP) is 7.55. The molecule has 0 saturated carbocycles. The molecule has 7 rings (SSSR count). The van der Waals surface area contributed by atoms with Crippen molar-refractivity contribution in [3.8, 4) is 17.2 Å². The van der Waals surface area contributed by atoms with Gasteiger partial charge in [0.05, 0.1) is 46.2 Å². The third-order valence-electron chi connectivity index (χ3n) is 10.6. The molecule has 4 heterocycles. The molecule has 51 heavy (non-hydrogen) atoms. The van der Waals surface area contributed by atoms with Gasteiger partial charge in [0, 0.05) is 59.7 Å². The molecule has 9 nitrogen and oxygen atoms in total. The van der Waals surface area contributed by atoms with E-state index < -0.39 is 5.82 Å². The Labute approximate surface area is 307 Å². The number of amides is 1. The SMILES string of the molecule is CN(C)C/C=C/C(=O)N1CC[C@H](n2ncc3c(N4CC(C)(N(C)C)C4)nc4c(F)c(-c5cccc6cccc(Cl)c56)c(Cl)cc4c32)C[C@H]1CC#N. The third kappa shape index (κ3) is 6.20. The largest absolute Gasteiger partial charge is 0.352 e. The van der Waals surface area contributed by atoms with Crippen molar-refractivity contribution in [2.75, 3.05) is 59.3 Å². The minimum atomic E-state index is -0.524. The van der Waals surface area contributed by atoms with Gasteiger partial charge in [-0.25, -0.2) is 9.37 Å². The van der Waals surface area contributed by atoms with Crippen LogP contribution in [0.1, 0.15) is 32.2 Å². The summed E-state index contributed by atoms with van der Waals surface area (Å²) in [6, 6.07) is 14.9. The first-order valence-electron chi connectivity index (χ1n) is 17.2. The Morgan fingerprint density at radius 3 is 2.57 bits per heavy atom. The maximum atomic E-state index is 17.2. The summed E-state index contributed by atoms with van der Waals surface area (Å²) in [5.41, 5.74) is 1.72. The van der Waals surface area contributed by atoms with E-state index in [-0.39, 0.29) is 46.1 Å². The van der Waals surface area contributed by atoms with Crippen molar-refractivity contribution in [2.45, 2.75) is 43.8 Å². The van der Waals surface area contributed by atoms with Crippen molar-refractivity contribution in [2.24, 2.45) is 0 Å². The number of aromatic nitrogens is 3. The highest BCUT2D eigenvalue weighted by Crippen LogP contribution is 2.45. The lowest BCUT2D eigenvalue weighted by Gasteiger charge is -2.52. The molecule has 2 aromatic heterocycles. The number of hydrogen-bond acceptors (Lipinski definition) is 7. The Bertz CT molecular complexity index is 2230. The summed E-state index contributed by atoms with van der Waals surface area (Å²) in [5, 5.41) is 18.4. The number of nitrogens with zero attached hydrogens (tertiary/aromatic N) is 8. The zero-order valence-electron chi connectivity index (χ0n) is 29.5. The van der Waals surface area contributed by atoms with Gasteiger partial charge in [-0.2, -0.15) is 10.4 Å². The number of likely N-dealkylation sites (tertiary alicyclic amines) is 1. The van der Waals surface area contributed by atoms with E-state index in [0.29, 0.717) is 60.8 Å². The lowest BCUT2D eigenvalue weighted by Crippen LogP contribution is -2.67. The Hall–Kier alpha value is -4.27. The van der Waals surface area contributed by atoms with Gasteiger partial charge in [-0.1, -0.05) is 59.6 Å². The molecule has 2 aliphatic rings. The van der Waals surface area contributed by atoms with Gasteiger partial charge in [0.1, 0.15) is 11.3 Å². The van der Waals surface area contributed by atoms with E-state index in [1.165, 1.54) is 0 Å². The topological polar surface area (TPSA) is 84.5 Å². The first kappa shape index (κ1) is 35.1. The molecule has 0 bridgehead atoms. The molecule has 264 valence electrons. The molecule has 12 heteroatoms. The zero-order chi connectivity index (χ0) is 36.2. The molecule has 2 atom stereocenters. The molecular formula is C39H41Cl2FN8O. The van der Waals surface area contributed by atoms with Crippen LogP contribution in [0.15, 0.2) is 60.8 Å². The summed E-state index contributed by atoms with van der Waals surface area (Å²) in [5.74, 6) is 0.0388. The van der Waals surface area contributed by atoms with Gasteiger partial charge >= 0.3 is 0 Å². The van der Waals surface area contributed by atoms with Crippen molar-refractivity contribution < 1.29 is 9.18 Å². The highest BCUT2D eigenvalue weighted by Gasteiger charge is 2.42. The number of halogens is 3. The van der Waals surface area contributed by atoms with E-state index in [0.717, 1.165) is 21.7 Å². The van der Waals surface area contributed by atoms with E-state index in [1.54, 1.807) is 23.1 Å². The Morgan fingerprint density at radius 2 is 1.86 bits per heavy atom. The van der Waals surface area contributed by atoms with Crippen molar-refractivity contribution in [3.63, 3.8) is 0 Å². The number of fused-ring (bicyclic) bond motifs is 4. The van der Waals surface area contributed by atoms with Crippen LogP contribution in [0.5, 0.6) is 0 Å². The van der Waals surface area contributed by atoms with Crippen LogP contribution in [0.2, 0.25) is 10.0 Å². The number of anilines is 1. The molecule has 5 aromatic rings. The standard InChI is InChI=1S/C39H41Cl2FN8O/c1-39(47(4)5)22-48(23-39)38-29-21-44-50(26-15-18-49(25(19-26)14-16-43)32(51)13-8-17-46(2)3)37(29)28-20-31(41)34(35(42)36(28)45-38)27-11-6-9-24-10-7-12-30(40)33(24)27/h6-13,20-21,25-26H,14-15,17-19,22-23H2,1-5H3/b13-8+/t25-,26+/m1/s1. The Balaban J connectivity index is 1.37. The molecule has 0 spiro atoms. The number of benzene rings is 3. The lowest BCUT2D eigenvalue weighted by atomic mass is 9.90. The fourth-order valence-corrected chi connectivity index (χ4v) is 8.21. The molecule has 0 unspecified atom stereocenters. The quantitative estimate of drug-likeness (QED) is 0.153. The first-order valence-corrected chi connectivity index (χ1v) is 17.9. The number of carbonyl (C=O) groups excluding carboxylic acids is 1. The van der Waals surface area contributed by atoms with Crippen LogP contribution in [-0.4, -0.2) is 101 Å². The number of carbonyl (C=O) groups is 1. The smallest absolute Gasteiger partial charge is 0.246 e. The van der Waals surface area contributed by atoms with Crippen molar-refractivity contribution in [3.05, 3.63) is 76.7 Å². The summed E-state index contributed by atoms with van der Waals surface area (Å²) in [6.07, 6.45) is 6.60. The lowest BCUT2D eigenvalue weighted by molar-refractivity contribution is -0.130. The maximum absolute atomic E-state index is 17.2. The van der Waals surface area contributed by atoms with Crippen LogP contribution >= 0.6 is 23.2 Å². The number of hydrogen-bond donors (Lipinski definition) is 0. The van der Waals surface area contributed by atoms with Gasteiger partial charge in [-0.05, 0) is 71.0 Å². The summed E-state index contributed by atoms with van der Waals surface area (Å²) in [7, 11) is 8.02. The Morgan fingerprint density at radius 1 is 1.12 bits per heavy atom. The highest BCUT2D eigenvalue weighted by atomic mass is 35.5. The van der Waals surface area contributed by atoms with Gasteiger partial charge in [0.2, 0.25) is 5.91 Å². The highest BCUT2D eigenvalue weighted by molar-refractivity contribution is 6.38. The molecule has 0 N–H and O–H groups in total. The summed E-state index contributed by atoms with van der Waals surface area (Å²) in [6.45, 7) is 4.74. The molecule has 2 saturated heterocycles. The monoisotopic (exact) mass is 726 g/mol. The number of rotatable bonds is 8. The third-order valence-corrected chi connectivity index (χ3v) is 11.3. The van der Waals surface area contributed by atoms with Gasteiger partial charge in [0.25, 0.3) is 0 Å². The molecule has 2 fully saturated rings. The van der Waals surface area contributed by atoms with E-state index in [2.05, 4.69) is 36.9 Å². The Kier molecular flexibility index (Phi) is 9.44. The van der Waals surface area contributed by atoms with Crippen LogP contribution in [0.4, 0.5) is 10.2 Å². The van der Waals surface area contributed by atoms with E-state index in [4.69, 9.17) is 33.3 Å². The normalized spacial score (nSPS) is 19.2. The predicted molar refractivity (Wildman–Crippen MR) is 204 cm³/mol. The molecule has 1 amide bonds. The number of nitriles is 1.